The molecule has 1 aromatic heterocycles. The number of nitrogens with one attached hydrogen (secondary N) is 2. The molecule has 7 heteroatoms. The van der Waals surface area contributed by atoms with Crippen LogP contribution in [0.1, 0.15) is 38.4 Å². The number of hydrogen-bond acceptors (Lipinski definition) is 4. The Morgan fingerprint density at radius 2 is 2.09 bits per heavy atom. The summed E-state index contributed by atoms with van der Waals surface area (Å²) in [6.45, 7) is 2.41. The van der Waals surface area contributed by atoms with Crippen molar-refractivity contribution < 1.29 is 14.6 Å². The predicted molar refractivity (Wildman–Crippen MR) is 96.5 cm³/mol. The lowest BCUT2D eigenvalue weighted by Crippen LogP contribution is -2.48. The van der Waals surface area contributed by atoms with E-state index in [9.17, 15) is 10.2 Å². The fourth-order valence-electron chi connectivity index (χ4n) is 2.61. The van der Waals surface area contributed by atoms with Gasteiger partial charge in [0.05, 0.1) is 18.4 Å². The van der Waals surface area contributed by atoms with Crippen molar-refractivity contribution in [1.82, 2.24) is 10.6 Å². The van der Waals surface area contributed by atoms with Crippen molar-refractivity contribution in [2.24, 2.45) is 4.99 Å². The van der Waals surface area contributed by atoms with E-state index in [2.05, 4.69) is 15.6 Å². The molecule has 0 aromatic carbocycles. The molecule has 2 rings (SSSR count). The van der Waals surface area contributed by atoms with Gasteiger partial charge in [-0.15, -0.1) is 24.0 Å². The van der Waals surface area contributed by atoms with Gasteiger partial charge in [0.25, 0.3) is 0 Å². The molecule has 4 N–H and O–H groups in total. The lowest BCUT2D eigenvalue weighted by atomic mass is 10.0. The smallest absolute Gasteiger partial charge is 0.191 e. The van der Waals surface area contributed by atoms with E-state index in [-0.39, 0.29) is 30.5 Å². The first-order chi connectivity index (χ1) is 9.95. The minimum atomic E-state index is -1.12. The molecule has 1 fully saturated rings. The first-order valence-electron chi connectivity index (χ1n) is 7.38. The van der Waals surface area contributed by atoms with E-state index < -0.39 is 11.2 Å². The molecule has 126 valence electrons. The Balaban J connectivity index is 0.00000242. The van der Waals surface area contributed by atoms with Crippen LogP contribution in [-0.4, -0.2) is 41.9 Å². The van der Waals surface area contributed by atoms with Gasteiger partial charge in [-0.3, -0.25) is 4.99 Å². The van der Waals surface area contributed by atoms with Gasteiger partial charge >= 0.3 is 0 Å². The normalized spacial score (nSPS) is 20.1. The summed E-state index contributed by atoms with van der Waals surface area (Å²) in [5, 5.41) is 26.8. The SMILES string of the molecule is CN=C(NCC1(O)CCCC1)NCC(C)(O)c1ccco1.I. The highest BCUT2D eigenvalue weighted by Crippen LogP contribution is 2.28. The number of furan rings is 1. The van der Waals surface area contributed by atoms with Crippen molar-refractivity contribution in [2.45, 2.75) is 43.8 Å². The number of hydrogen-bond donors (Lipinski definition) is 4. The third kappa shape index (κ3) is 5.13. The van der Waals surface area contributed by atoms with Gasteiger partial charge in [-0.2, -0.15) is 0 Å². The first kappa shape index (κ1) is 19.2. The number of guanidine groups is 1. The third-order valence-corrected chi connectivity index (χ3v) is 3.99. The lowest BCUT2D eigenvalue weighted by Gasteiger charge is -2.26. The van der Waals surface area contributed by atoms with Crippen LogP contribution in [-0.2, 0) is 5.60 Å². The van der Waals surface area contributed by atoms with Crippen LogP contribution in [0.4, 0.5) is 0 Å². The minimum absolute atomic E-state index is 0. The zero-order valence-corrected chi connectivity index (χ0v) is 15.5. The maximum absolute atomic E-state index is 10.4. The molecule has 0 bridgehead atoms. The van der Waals surface area contributed by atoms with Gasteiger partial charge in [0.15, 0.2) is 5.96 Å². The summed E-state index contributed by atoms with van der Waals surface area (Å²) in [5.41, 5.74) is -1.76. The highest BCUT2D eigenvalue weighted by molar-refractivity contribution is 14.0. The molecule has 0 aliphatic heterocycles. The first-order valence-corrected chi connectivity index (χ1v) is 7.38. The molecule has 0 radical (unpaired) electrons. The lowest BCUT2D eigenvalue weighted by molar-refractivity contribution is 0.0379. The molecule has 6 nitrogen and oxygen atoms in total. The van der Waals surface area contributed by atoms with Gasteiger partial charge in [-0.25, -0.2) is 0 Å². The van der Waals surface area contributed by atoms with E-state index in [1.54, 1.807) is 26.1 Å². The zero-order valence-electron chi connectivity index (χ0n) is 13.1. The molecule has 1 unspecified atom stereocenters. The molecule has 1 saturated carbocycles. The molecular weight excluding hydrogens is 397 g/mol. The average molecular weight is 423 g/mol. The van der Waals surface area contributed by atoms with Crippen molar-refractivity contribution in [3.63, 3.8) is 0 Å². The Kier molecular flexibility index (Phi) is 7.14. The van der Waals surface area contributed by atoms with Crippen molar-refractivity contribution >= 4 is 29.9 Å². The quantitative estimate of drug-likeness (QED) is 0.328. The van der Waals surface area contributed by atoms with Crippen molar-refractivity contribution in [3.8, 4) is 0 Å². The van der Waals surface area contributed by atoms with E-state index in [1.165, 1.54) is 6.26 Å². The Morgan fingerprint density at radius 3 is 2.64 bits per heavy atom. The van der Waals surface area contributed by atoms with E-state index in [0.29, 0.717) is 18.3 Å². The van der Waals surface area contributed by atoms with Crippen molar-refractivity contribution in [2.75, 3.05) is 20.1 Å². The zero-order chi connectivity index (χ0) is 15.3. The molecule has 1 aliphatic rings. The number of aliphatic hydroxyl groups is 2. The van der Waals surface area contributed by atoms with Gasteiger partial charge in [0.1, 0.15) is 11.4 Å². The highest BCUT2D eigenvalue weighted by Gasteiger charge is 2.31. The van der Waals surface area contributed by atoms with Crippen LogP contribution < -0.4 is 10.6 Å². The molecule has 0 amide bonds. The number of halogens is 1. The molecule has 1 aliphatic carbocycles. The molecule has 0 saturated heterocycles. The summed E-state index contributed by atoms with van der Waals surface area (Å²) in [5.74, 6) is 1.06. The standard InChI is InChI=1S/C15H25N3O3.HI/c1-14(19,12-6-5-9-21-12)10-17-13(16-2)18-11-15(20)7-3-4-8-15;/h5-6,9,19-20H,3-4,7-8,10-11H2,1-2H3,(H2,16,17,18);1H. The van der Waals surface area contributed by atoms with Gasteiger partial charge in [0, 0.05) is 13.6 Å². The number of aliphatic imine (C=N–C) groups is 1. The molecule has 1 heterocycles. The summed E-state index contributed by atoms with van der Waals surface area (Å²) in [4.78, 5) is 4.11. The maximum atomic E-state index is 10.4. The van der Waals surface area contributed by atoms with Crippen LogP contribution in [0, 0.1) is 0 Å². The summed E-state index contributed by atoms with van der Waals surface area (Å²) in [6, 6.07) is 3.48. The Bertz CT molecular complexity index is 468. The second-order valence-electron chi connectivity index (χ2n) is 5.96. The largest absolute Gasteiger partial charge is 0.466 e. The van der Waals surface area contributed by atoms with E-state index in [0.717, 1.165) is 25.7 Å². The van der Waals surface area contributed by atoms with Crippen LogP contribution >= 0.6 is 24.0 Å². The average Bonchev–Trinajstić information content (AvgIpc) is 3.11. The van der Waals surface area contributed by atoms with Crippen LogP contribution in [0.5, 0.6) is 0 Å². The topological polar surface area (TPSA) is 90.0 Å². The second-order valence-corrected chi connectivity index (χ2v) is 5.96. The minimum Gasteiger partial charge on any atom is -0.466 e. The van der Waals surface area contributed by atoms with Crippen molar-refractivity contribution in [3.05, 3.63) is 24.2 Å². The monoisotopic (exact) mass is 423 g/mol. The van der Waals surface area contributed by atoms with E-state index >= 15 is 0 Å². The summed E-state index contributed by atoms with van der Waals surface area (Å²) < 4.78 is 5.23. The summed E-state index contributed by atoms with van der Waals surface area (Å²) in [6.07, 6.45) is 5.31. The van der Waals surface area contributed by atoms with Gasteiger partial charge in [0.2, 0.25) is 0 Å². The molecule has 1 aromatic rings. The van der Waals surface area contributed by atoms with Crippen LogP contribution in [0.15, 0.2) is 27.8 Å². The van der Waals surface area contributed by atoms with E-state index in [4.69, 9.17) is 4.42 Å². The molecular formula is C15H26IN3O3. The van der Waals surface area contributed by atoms with Crippen LogP contribution in [0.3, 0.4) is 0 Å². The van der Waals surface area contributed by atoms with Crippen LogP contribution in [0.2, 0.25) is 0 Å². The highest BCUT2D eigenvalue weighted by atomic mass is 127. The van der Waals surface area contributed by atoms with Gasteiger partial charge < -0.3 is 25.3 Å². The van der Waals surface area contributed by atoms with Gasteiger partial charge in [-0.05, 0) is 31.9 Å². The summed E-state index contributed by atoms with van der Waals surface area (Å²) >= 11 is 0. The number of nitrogens with zero attached hydrogens (tertiary/aromatic N) is 1. The molecule has 22 heavy (non-hydrogen) atoms. The fourth-order valence-corrected chi connectivity index (χ4v) is 2.61. The van der Waals surface area contributed by atoms with Crippen LogP contribution in [0.25, 0.3) is 0 Å². The Morgan fingerprint density at radius 1 is 1.41 bits per heavy atom. The van der Waals surface area contributed by atoms with Gasteiger partial charge in [-0.1, -0.05) is 12.8 Å². The summed E-state index contributed by atoms with van der Waals surface area (Å²) in [7, 11) is 1.66. The number of rotatable bonds is 5. The third-order valence-electron chi connectivity index (χ3n) is 3.99. The molecule has 0 spiro atoms. The Hall–Kier alpha value is -0.800. The Labute approximate surface area is 148 Å². The second kappa shape index (κ2) is 8.16. The molecule has 1 atom stereocenters. The van der Waals surface area contributed by atoms with E-state index in [1.807, 2.05) is 0 Å². The fraction of sp³-hybridized carbons (Fsp3) is 0.667. The predicted octanol–water partition coefficient (Wildman–Crippen LogP) is 1.58. The van der Waals surface area contributed by atoms with Crippen molar-refractivity contribution in [1.29, 1.82) is 0 Å². The maximum Gasteiger partial charge on any atom is 0.191 e.